The SMILES string of the molecule is COc1cc([C@@H](C)[C@@H](C)N)c(OC)c2c1CCOC2. The Labute approximate surface area is 114 Å². The smallest absolute Gasteiger partial charge is 0.128 e. The monoisotopic (exact) mass is 265 g/mol. The van der Waals surface area contributed by atoms with E-state index in [0.717, 1.165) is 35.7 Å². The van der Waals surface area contributed by atoms with Gasteiger partial charge in [-0.2, -0.15) is 0 Å². The van der Waals surface area contributed by atoms with Crippen LogP contribution in [-0.2, 0) is 17.8 Å². The highest BCUT2D eigenvalue weighted by atomic mass is 16.5. The van der Waals surface area contributed by atoms with Crippen LogP contribution in [0.2, 0.25) is 0 Å². The highest BCUT2D eigenvalue weighted by Gasteiger charge is 2.25. The predicted octanol–water partition coefficient (Wildman–Crippen LogP) is 2.23. The molecule has 1 aromatic rings. The summed E-state index contributed by atoms with van der Waals surface area (Å²) in [4.78, 5) is 0. The molecule has 2 atom stereocenters. The van der Waals surface area contributed by atoms with Crippen molar-refractivity contribution < 1.29 is 14.2 Å². The van der Waals surface area contributed by atoms with Gasteiger partial charge in [-0.15, -0.1) is 0 Å². The summed E-state index contributed by atoms with van der Waals surface area (Å²) in [5.74, 6) is 2.03. The first kappa shape index (κ1) is 14.2. The lowest BCUT2D eigenvalue weighted by atomic mass is 9.88. The van der Waals surface area contributed by atoms with Crippen LogP contribution < -0.4 is 15.2 Å². The maximum absolute atomic E-state index is 6.03. The number of methoxy groups -OCH3 is 2. The molecule has 1 aliphatic heterocycles. The minimum absolute atomic E-state index is 0.0566. The van der Waals surface area contributed by atoms with Gasteiger partial charge in [0.05, 0.1) is 27.4 Å². The van der Waals surface area contributed by atoms with Crippen LogP contribution in [-0.4, -0.2) is 26.9 Å². The zero-order chi connectivity index (χ0) is 14.0. The van der Waals surface area contributed by atoms with Gasteiger partial charge in [-0.05, 0) is 25.3 Å². The second-order valence-corrected chi connectivity index (χ2v) is 5.11. The molecule has 0 aliphatic carbocycles. The number of rotatable bonds is 4. The Morgan fingerprint density at radius 1 is 1.21 bits per heavy atom. The number of fused-ring (bicyclic) bond motifs is 1. The molecule has 1 aliphatic rings. The third kappa shape index (κ3) is 2.55. The van der Waals surface area contributed by atoms with Crippen LogP contribution in [0.15, 0.2) is 6.07 Å². The zero-order valence-electron chi connectivity index (χ0n) is 12.2. The number of nitrogens with two attached hydrogens (primary N) is 1. The molecule has 0 fully saturated rings. The highest BCUT2D eigenvalue weighted by molar-refractivity contribution is 5.55. The maximum Gasteiger partial charge on any atom is 0.128 e. The molecule has 4 heteroatoms. The molecule has 0 unspecified atom stereocenters. The van der Waals surface area contributed by atoms with E-state index >= 15 is 0 Å². The molecule has 1 heterocycles. The summed E-state index contributed by atoms with van der Waals surface area (Å²) in [5, 5.41) is 0. The Morgan fingerprint density at radius 3 is 2.53 bits per heavy atom. The van der Waals surface area contributed by atoms with Gasteiger partial charge in [-0.1, -0.05) is 6.92 Å². The van der Waals surface area contributed by atoms with Crippen molar-refractivity contribution >= 4 is 0 Å². The van der Waals surface area contributed by atoms with Crippen molar-refractivity contribution in [1.82, 2.24) is 0 Å². The molecule has 0 saturated heterocycles. The van der Waals surface area contributed by atoms with Crippen molar-refractivity contribution in [2.45, 2.75) is 38.8 Å². The molecule has 0 saturated carbocycles. The fourth-order valence-corrected chi connectivity index (χ4v) is 2.57. The van der Waals surface area contributed by atoms with E-state index in [1.165, 1.54) is 5.56 Å². The fourth-order valence-electron chi connectivity index (χ4n) is 2.57. The quantitative estimate of drug-likeness (QED) is 0.907. The van der Waals surface area contributed by atoms with Crippen molar-refractivity contribution in [3.05, 3.63) is 22.8 Å². The second kappa shape index (κ2) is 5.80. The summed E-state index contributed by atoms with van der Waals surface area (Å²) in [5.41, 5.74) is 9.43. The van der Waals surface area contributed by atoms with Gasteiger partial charge in [0.2, 0.25) is 0 Å². The van der Waals surface area contributed by atoms with Gasteiger partial charge < -0.3 is 19.9 Å². The van der Waals surface area contributed by atoms with Crippen LogP contribution in [0.25, 0.3) is 0 Å². The summed E-state index contributed by atoms with van der Waals surface area (Å²) in [7, 11) is 3.41. The van der Waals surface area contributed by atoms with Crippen molar-refractivity contribution in [3.63, 3.8) is 0 Å². The molecule has 4 nitrogen and oxygen atoms in total. The summed E-state index contributed by atoms with van der Waals surface area (Å²) in [6.07, 6.45) is 0.863. The fraction of sp³-hybridized carbons (Fsp3) is 0.600. The molecule has 0 radical (unpaired) electrons. The standard InChI is InChI=1S/C15H23NO3/c1-9(10(2)16)12-7-14(17-3)11-5-6-19-8-13(11)15(12)18-4/h7,9-10H,5-6,8,16H2,1-4H3/t9-,10+/m0/s1. The Hall–Kier alpha value is -1.26. The lowest BCUT2D eigenvalue weighted by molar-refractivity contribution is 0.107. The van der Waals surface area contributed by atoms with Gasteiger partial charge in [-0.3, -0.25) is 0 Å². The average Bonchev–Trinajstić information content (AvgIpc) is 2.44. The topological polar surface area (TPSA) is 53.7 Å². The third-order valence-electron chi connectivity index (χ3n) is 3.93. The number of ether oxygens (including phenoxy) is 3. The number of benzene rings is 1. The van der Waals surface area contributed by atoms with Gasteiger partial charge in [0.1, 0.15) is 11.5 Å². The van der Waals surface area contributed by atoms with Crippen LogP contribution in [0.1, 0.15) is 36.5 Å². The predicted molar refractivity (Wildman–Crippen MR) is 75.0 cm³/mol. The van der Waals surface area contributed by atoms with Gasteiger partial charge in [0.25, 0.3) is 0 Å². The molecule has 106 valence electrons. The lowest BCUT2D eigenvalue weighted by Gasteiger charge is -2.27. The van der Waals surface area contributed by atoms with Crippen molar-refractivity contribution in [2.24, 2.45) is 5.73 Å². The molecule has 2 rings (SSSR count). The van der Waals surface area contributed by atoms with E-state index in [-0.39, 0.29) is 12.0 Å². The normalized spacial score (nSPS) is 17.5. The minimum Gasteiger partial charge on any atom is -0.496 e. The van der Waals surface area contributed by atoms with Gasteiger partial charge in [0, 0.05) is 22.7 Å². The molecule has 0 bridgehead atoms. The average molecular weight is 265 g/mol. The van der Waals surface area contributed by atoms with Crippen molar-refractivity contribution in [2.75, 3.05) is 20.8 Å². The molecule has 1 aromatic carbocycles. The van der Waals surface area contributed by atoms with Gasteiger partial charge in [-0.25, -0.2) is 0 Å². The van der Waals surface area contributed by atoms with E-state index in [9.17, 15) is 0 Å². The molecule has 2 N–H and O–H groups in total. The largest absolute Gasteiger partial charge is 0.496 e. The number of hydrogen-bond donors (Lipinski definition) is 1. The molecule has 19 heavy (non-hydrogen) atoms. The molecular formula is C15H23NO3. The Kier molecular flexibility index (Phi) is 4.32. The first-order chi connectivity index (χ1) is 9.10. The minimum atomic E-state index is 0.0566. The van der Waals surface area contributed by atoms with E-state index in [0.29, 0.717) is 6.61 Å². The van der Waals surface area contributed by atoms with Gasteiger partial charge in [0.15, 0.2) is 0 Å². The summed E-state index contributed by atoms with van der Waals surface area (Å²) >= 11 is 0. The summed E-state index contributed by atoms with van der Waals surface area (Å²) in [6, 6.07) is 2.12. The van der Waals surface area contributed by atoms with Crippen LogP contribution in [0.5, 0.6) is 11.5 Å². The van der Waals surface area contributed by atoms with Crippen LogP contribution >= 0.6 is 0 Å². The molecule has 0 aromatic heterocycles. The van der Waals surface area contributed by atoms with Gasteiger partial charge >= 0.3 is 0 Å². The lowest BCUT2D eigenvalue weighted by Crippen LogP contribution is -2.24. The van der Waals surface area contributed by atoms with E-state index in [2.05, 4.69) is 13.0 Å². The van der Waals surface area contributed by atoms with E-state index in [4.69, 9.17) is 19.9 Å². The van der Waals surface area contributed by atoms with E-state index in [1.807, 2.05) is 6.92 Å². The second-order valence-electron chi connectivity index (χ2n) is 5.11. The molecule has 0 amide bonds. The first-order valence-corrected chi connectivity index (χ1v) is 6.70. The summed E-state index contributed by atoms with van der Waals surface area (Å²) < 4.78 is 16.7. The maximum atomic E-state index is 6.03. The number of hydrogen-bond acceptors (Lipinski definition) is 4. The van der Waals surface area contributed by atoms with Crippen LogP contribution in [0, 0.1) is 0 Å². The van der Waals surface area contributed by atoms with E-state index < -0.39 is 0 Å². The zero-order valence-corrected chi connectivity index (χ0v) is 12.2. The third-order valence-corrected chi connectivity index (χ3v) is 3.93. The Balaban J connectivity index is 2.60. The van der Waals surface area contributed by atoms with Crippen molar-refractivity contribution in [3.8, 4) is 11.5 Å². The van der Waals surface area contributed by atoms with Crippen molar-refractivity contribution in [1.29, 1.82) is 0 Å². The van der Waals surface area contributed by atoms with Crippen LogP contribution in [0.4, 0.5) is 0 Å². The molecular weight excluding hydrogens is 242 g/mol. The van der Waals surface area contributed by atoms with E-state index in [1.54, 1.807) is 14.2 Å². The first-order valence-electron chi connectivity index (χ1n) is 6.70. The summed E-state index contributed by atoms with van der Waals surface area (Å²) in [6.45, 7) is 5.42. The molecule has 0 spiro atoms. The van der Waals surface area contributed by atoms with Crippen LogP contribution in [0.3, 0.4) is 0 Å². The highest BCUT2D eigenvalue weighted by Crippen LogP contribution is 2.40. The Morgan fingerprint density at radius 2 is 1.95 bits per heavy atom. The Bertz CT molecular complexity index is 457.